The summed E-state index contributed by atoms with van der Waals surface area (Å²) in [4.78, 5) is 23.5. The summed E-state index contributed by atoms with van der Waals surface area (Å²) in [5, 5.41) is 11.9. The van der Waals surface area contributed by atoms with Gasteiger partial charge < -0.3 is 10.4 Å². The normalized spacial score (nSPS) is 13.8. The van der Waals surface area contributed by atoms with E-state index in [1.54, 1.807) is 19.1 Å². The van der Waals surface area contributed by atoms with Crippen molar-refractivity contribution in [3.63, 3.8) is 0 Å². The number of nitrogens with one attached hydrogen (secondary N) is 1. The molecule has 0 bridgehead atoms. The minimum absolute atomic E-state index is 0.348. The van der Waals surface area contributed by atoms with Crippen molar-refractivity contribution < 1.29 is 14.7 Å². The number of carboxylic acid groups (broad SMARTS) is 1. The molecule has 1 aromatic carbocycles. The van der Waals surface area contributed by atoms with Gasteiger partial charge in [-0.3, -0.25) is 4.79 Å². The third-order valence-electron chi connectivity index (χ3n) is 3.45. The average molecular weight is 277 g/mol. The molecule has 4 heteroatoms. The summed E-state index contributed by atoms with van der Waals surface area (Å²) in [5.41, 5.74) is 0.414. The van der Waals surface area contributed by atoms with Crippen molar-refractivity contribution in [3.8, 4) is 0 Å². The van der Waals surface area contributed by atoms with Crippen LogP contribution >= 0.6 is 0 Å². The Hall–Kier alpha value is -1.84. The number of rotatable bonds is 6. The smallest absolute Gasteiger partial charge is 0.329 e. The Morgan fingerprint density at radius 1 is 1.25 bits per heavy atom. The van der Waals surface area contributed by atoms with Gasteiger partial charge in [-0.2, -0.15) is 0 Å². The summed E-state index contributed by atoms with van der Waals surface area (Å²) in [7, 11) is 0. The van der Waals surface area contributed by atoms with Crippen molar-refractivity contribution in [2.24, 2.45) is 0 Å². The molecule has 0 aliphatic heterocycles. The monoisotopic (exact) mass is 277 g/mol. The summed E-state index contributed by atoms with van der Waals surface area (Å²) in [6.45, 7) is 7.60. The molecule has 110 valence electrons. The van der Waals surface area contributed by atoms with Crippen molar-refractivity contribution in [2.75, 3.05) is 0 Å². The van der Waals surface area contributed by atoms with Gasteiger partial charge in [0.25, 0.3) is 5.91 Å². The van der Waals surface area contributed by atoms with E-state index in [1.807, 2.05) is 19.1 Å². The van der Waals surface area contributed by atoms with Crippen LogP contribution in [-0.4, -0.2) is 22.5 Å². The Bertz CT molecular complexity index is 479. The fourth-order valence-corrected chi connectivity index (χ4v) is 2.07. The van der Waals surface area contributed by atoms with E-state index in [1.165, 1.54) is 0 Å². The van der Waals surface area contributed by atoms with Gasteiger partial charge in [-0.25, -0.2) is 4.79 Å². The molecule has 0 heterocycles. The Kier molecular flexibility index (Phi) is 5.31. The van der Waals surface area contributed by atoms with Crippen molar-refractivity contribution in [2.45, 2.75) is 52.0 Å². The van der Waals surface area contributed by atoms with Gasteiger partial charge >= 0.3 is 5.97 Å². The summed E-state index contributed by atoms with van der Waals surface area (Å²) in [5.74, 6) is -0.957. The maximum atomic E-state index is 12.1. The van der Waals surface area contributed by atoms with Crippen LogP contribution in [0.25, 0.3) is 0 Å². The van der Waals surface area contributed by atoms with E-state index >= 15 is 0 Å². The second-order valence-corrected chi connectivity index (χ2v) is 5.62. The van der Waals surface area contributed by atoms with E-state index in [4.69, 9.17) is 0 Å². The highest BCUT2D eigenvalue weighted by molar-refractivity contribution is 5.97. The average Bonchev–Trinajstić information content (AvgIpc) is 2.38. The molecular weight excluding hydrogens is 254 g/mol. The molecule has 4 nitrogen and oxygen atoms in total. The van der Waals surface area contributed by atoms with Crippen LogP contribution in [0.15, 0.2) is 24.3 Å². The van der Waals surface area contributed by atoms with Crippen molar-refractivity contribution in [3.05, 3.63) is 35.4 Å². The van der Waals surface area contributed by atoms with Gasteiger partial charge in [-0.15, -0.1) is 0 Å². The number of carbonyl (C=O) groups is 2. The molecule has 0 fully saturated rings. The van der Waals surface area contributed by atoms with E-state index in [2.05, 4.69) is 19.2 Å². The van der Waals surface area contributed by atoms with Crippen LogP contribution in [0, 0.1) is 0 Å². The summed E-state index contributed by atoms with van der Waals surface area (Å²) in [6, 6.07) is 7.27. The van der Waals surface area contributed by atoms with Gasteiger partial charge in [0, 0.05) is 5.56 Å². The number of hydrogen-bond donors (Lipinski definition) is 2. The Labute approximate surface area is 120 Å². The highest BCUT2D eigenvalue weighted by atomic mass is 16.4. The lowest BCUT2D eigenvalue weighted by Crippen LogP contribution is -2.52. The zero-order valence-electron chi connectivity index (χ0n) is 12.6. The van der Waals surface area contributed by atoms with Gasteiger partial charge in [-0.1, -0.05) is 39.3 Å². The van der Waals surface area contributed by atoms with E-state index in [9.17, 15) is 14.7 Å². The highest BCUT2D eigenvalue weighted by Crippen LogP contribution is 2.17. The van der Waals surface area contributed by atoms with Crippen LogP contribution in [-0.2, 0) is 4.79 Å². The first-order chi connectivity index (χ1) is 9.30. The zero-order chi connectivity index (χ0) is 15.3. The van der Waals surface area contributed by atoms with Crippen molar-refractivity contribution in [1.82, 2.24) is 5.32 Å². The van der Waals surface area contributed by atoms with Crippen LogP contribution in [0.3, 0.4) is 0 Å². The van der Waals surface area contributed by atoms with Gasteiger partial charge in [0.1, 0.15) is 5.54 Å². The van der Waals surface area contributed by atoms with Gasteiger partial charge in [0.05, 0.1) is 0 Å². The minimum Gasteiger partial charge on any atom is -0.480 e. The van der Waals surface area contributed by atoms with Gasteiger partial charge in [-0.05, 0) is 37.0 Å². The number of aliphatic carboxylic acids is 1. The summed E-state index contributed by atoms with van der Waals surface area (Å²) >= 11 is 0. The van der Waals surface area contributed by atoms with Crippen LogP contribution in [0.5, 0.6) is 0 Å². The fourth-order valence-electron chi connectivity index (χ4n) is 2.07. The molecule has 1 amide bonds. The van der Waals surface area contributed by atoms with Crippen LogP contribution in [0.2, 0.25) is 0 Å². The molecule has 0 saturated carbocycles. The summed E-state index contributed by atoms with van der Waals surface area (Å²) in [6.07, 6.45) is 1.09. The Morgan fingerprint density at radius 2 is 1.80 bits per heavy atom. The summed E-state index contributed by atoms with van der Waals surface area (Å²) < 4.78 is 0. The SMILES string of the molecule is CCCC(C)(NC(=O)c1ccc(C(C)C)cc1)C(=O)O. The number of hydrogen-bond acceptors (Lipinski definition) is 2. The quantitative estimate of drug-likeness (QED) is 0.839. The Morgan fingerprint density at radius 3 is 2.20 bits per heavy atom. The zero-order valence-corrected chi connectivity index (χ0v) is 12.6. The van der Waals surface area contributed by atoms with Crippen molar-refractivity contribution in [1.29, 1.82) is 0 Å². The Balaban J connectivity index is 2.87. The maximum Gasteiger partial charge on any atom is 0.329 e. The topological polar surface area (TPSA) is 66.4 Å². The third-order valence-corrected chi connectivity index (χ3v) is 3.45. The van der Waals surface area contributed by atoms with E-state index in [-0.39, 0.29) is 5.91 Å². The van der Waals surface area contributed by atoms with Crippen LogP contribution in [0.1, 0.15) is 62.4 Å². The first-order valence-corrected chi connectivity index (χ1v) is 6.96. The first kappa shape index (κ1) is 16.2. The lowest BCUT2D eigenvalue weighted by Gasteiger charge is -2.25. The lowest BCUT2D eigenvalue weighted by molar-refractivity contribution is -0.144. The van der Waals surface area contributed by atoms with E-state index < -0.39 is 11.5 Å². The largest absolute Gasteiger partial charge is 0.480 e. The predicted octanol–water partition coefficient (Wildman–Crippen LogP) is 3.18. The number of benzene rings is 1. The molecule has 0 spiro atoms. The molecule has 0 aliphatic rings. The predicted molar refractivity (Wildman–Crippen MR) is 78.9 cm³/mol. The van der Waals surface area contributed by atoms with Gasteiger partial charge in [0.2, 0.25) is 0 Å². The first-order valence-electron chi connectivity index (χ1n) is 6.96. The fraction of sp³-hybridized carbons (Fsp3) is 0.500. The molecule has 1 unspecified atom stereocenters. The molecule has 2 N–H and O–H groups in total. The molecular formula is C16H23NO3. The van der Waals surface area contributed by atoms with E-state index in [0.29, 0.717) is 24.3 Å². The molecule has 1 rings (SSSR count). The second-order valence-electron chi connectivity index (χ2n) is 5.62. The molecule has 0 radical (unpaired) electrons. The molecule has 1 aromatic rings. The molecule has 0 saturated heterocycles. The standard InChI is InChI=1S/C16H23NO3/c1-5-10-16(4,15(19)20)17-14(18)13-8-6-12(7-9-13)11(2)3/h6-9,11H,5,10H2,1-4H3,(H,17,18)(H,19,20). The minimum atomic E-state index is -1.22. The molecule has 1 atom stereocenters. The second kappa shape index (κ2) is 6.55. The number of amides is 1. The molecule has 0 aromatic heterocycles. The van der Waals surface area contributed by atoms with Crippen LogP contribution < -0.4 is 5.32 Å². The third kappa shape index (κ3) is 3.83. The number of carbonyl (C=O) groups excluding carboxylic acids is 1. The van der Waals surface area contributed by atoms with Gasteiger partial charge in [0.15, 0.2) is 0 Å². The highest BCUT2D eigenvalue weighted by Gasteiger charge is 2.33. The number of carboxylic acids is 1. The van der Waals surface area contributed by atoms with Crippen LogP contribution in [0.4, 0.5) is 0 Å². The molecule has 20 heavy (non-hydrogen) atoms. The lowest BCUT2D eigenvalue weighted by atomic mass is 9.95. The van der Waals surface area contributed by atoms with E-state index in [0.717, 1.165) is 5.56 Å². The van der Waals surface area contributed by atoms with Crippen molar-refractivity contribution >= 4 is 11.9 Å². The maximum absolute atomic E-state index is 12.1. The molecule has 0 aliphatic carbocycles.